The van der Waals surface area contributed by atoms with Gasteiger partial charge < -0.3 is 10.2 Å². The summed E-state index contributed by atoms with van der Waals surface area (Å²) in [6.45, 7) is 3.16. The van der Waals surface area contributed by atoms with Crippen molar-refractivity contribution >= 4 is 27.4 Å². The normalized spacial score (nSPS) is 20.3. The summed E-state index contributed by atoms with van der Waals surface area (Å²) in [5, 5.41) is 6.38. The van der Waals surface area contributed by atoms with E-state index in [-0.39, 0.29) is 0 Å². The molecule has 1 N–H and O–H groups in total. The second-order valence-electron chi connectivity index (χ2n) is 5.85. The average Bonchev–Trinajstić information content (AvgIpc) is 2.94. The van der Waals surface area contributed by atoms with Gasteiger partial charge in [-0.1, -0.05) is 0 Å². The summed E-state index contributed by atoms with van der Waals surface area (Å²) in [6, 6.07) is 2.68. The van der Waals surface area contributed by atoms with Crippen molar-refractivity contribution in [2.24, 2.45) is 0 Å². The minimum atomic E-state index is 0.601. The number of aromatic nitrogens is 2. The zero-order valence-corrected chi connectivity index (χ0v) is 13.8. The summed E-state index contributed by atoms with van der Waals surface area (Å²) in [5.41, 5.74) is 0. The van der Waals surface area contributed by atoms with Crippen molar-refractivity contribution in [2.75, 3.05) is 39.5 Å². The van der Waals surface area contributed by atoms with Crippen LogP contribution in [0.15, 0.2) is 11.4 Å². The first-order valence-electron chi connectivity index (χ1n) is 7.48. The zero-order chi connectivity index (χ0) is 14.8. The Morgan fingerprint density at radius 3 is 3.10 bits per heavy atom. The zero-order valence-electron chi connectivity index (χ0n) is 13.0. The summed E-state index contributed by atoms with van der Waals surface area (Å²) in [4.78, 5) is 15.3. The van der Waals surface area contributed by atoms with Gasteiger partial charge in [0.05, 0.1) is 11.9 Å². The van der Waals surface area contributed by atoms with Crippen LogP contribution in [-0.4, -0.2) is 60.0 Å². The first kappa shape index (κ1) is 14.7. The van der Waals surface area contributed by atoms with Crippen LogP contribution in [0.5, 0.6) is 0 Å². The minimum absolute atomic E-state index is 0.601. The highest BCUT2D eigenvalue weighted by Gasteiger charge is 2.22. The van der Waals surface area contributed by atoms with Crippen LogP contribution >= 0.6 is 11.3 Å². The molecule has 2 aromatic rings. The Morgan fingerprint density at radius 2 is 2.33 bits per heavy atom. The van der Waals surface area contributed by atoms with Gasteiger partial charge in [-0.3, -0.25) is 4.90 Å². The molecular formula is C15H23N5S. The van der Waals surface area contributed by atoms with Gasteiger partial charge in [0.1, 0.15) is 16.5 Å². The third-order valence-corrected chi connectivity index (χ3v) is 5.03. The van der Waals surface area contributed by atoms with Gasteiger partial charge in [0, 0.05) is 19.6 Å². The minimum Gasteiger partial charge on any atom is -0.372 e. The molecule has 6 heteroatoms. The van der Waals surface area contributed by atoms with Gasteiger partial charge >= 0.3 is 0 Å². The number of rotatable bonds is 4. The van der Waals surface area contributed by atoms with Crippen molar-refractivity contribution in [1.82, 2.24) is 19.8 Å². The predicted molar refractivity (Wildman–Crippen MR) is 88.9 cm³/mol. The van der Waals surface area contributed by atoms with Crippen molar-refractivity contribution in [1.29, 1.82) is 0 Å². The summed E-state index contributed by atoms with van der Waals surface area (Å²) in [5.74, 6) is 1.84. The average molecular weight is 305 g/mol. The third-order valence-electron chi connectivity index (χ3n) is 4.22. The van der Waals surface area contributed by atoms with E-state index >= 15 is 0 Å². The number of nitrogens with zero attached hydrogens (tertiary/aromatic N) is 4. The van der Waals surface area contributed by atoms with Gasteiger partial charge in [-0.2, -0.15) is 0 Å². The van der Waals surface area contributed by atoms with E-state index in [2.05, 4.69) is 45.6 Å². The maximum atomic E-state index is 4.71. The molecule has 5 nitrogen and oxygen atoms in total. The quantitative estimate of drug-likeness (QED) is 0.938. The highest BCUT2D eigenvalue weighted by Crippen LogP contribution is 2.25. The van der Waals surface area contributed by atoms with Gasteiger partial charge in [-0.25, -0.2) is 9.97 Å². The Bertz CT molecular complexity index is 611. The van der Waals surface area contributed by atoms with Crippen molar-refractivity contribution in [3.8, 4) is 0 Å². The molecule has 3 rings (SSSR count). The standard InChI is InChI=1S/C15H23N5S/c1-16-14-12-6-8-21-15(12)18-13(17-14)10-20(3)11-5-4-7-19(2)9-11/h6,8,11H,4-5,7,9-10H2,1-3H3,(H,16,17,18). The van der Waals surface area contributed by atoms with Crippen molar-refractivity contribution in [2.45, 2.75) is 25.4 Å². The molecule has 114 valence electrons. The van der Waals surface area contributed by atoms with Gasteiger partial charge in [0.15, 0.2) is 0 Å². The first-order chi connectivity index (χ1) is 10.2. The fourth-order valence-corrected chi connectivity index (χ4v) is 3.79. The molecule has 1 atom stereocenters. The number of piperidine rings is 1. The lowest BCUT2D eigenvalue weighted by molar-refractivity contribution is 0.127. The first-order valence-corrected chi connectivity index (χ1v) is 8.36. The molecule has 0 aliphatic carbocycles. The van der Waals surface area contributed by atoms with Crippen molar-refractivity contribution in [3.05, 3.63) is 17.3 Å². The Hall–Kier alpha value is -1.24. The fourth-order valence-electron chi connectivity index (χ4n) is 3.01. The lowest BCUT2D eigenvalue weighted by Crippen LogP contribution is -2.44. The fraction of sp³-hybridized carbons (Fsp3) is 0.600. The molecule has 1 aliphatic rings. The number of hydrogen-bond donors (Lipinski definition) is 1. The number of likely N-dealkylation sites (tertiary alicyclic amines) is 1. The van der Waals surface area contributed by atoms with E-state index in [9.17, 15) is 0 Å². The second kappa shape index (κ2) is 6.25. The molecule has 0 saturated carbocycles. The number of anilines is 1. The Labute approximate surface area is 130 Å². The second-order valence-corrected chi connectivity index (χ2v) is 6.75. The summed E-state index contributed by atoms with van der Waals surface area (Å²) < 4.78 is 0. The Morgan fingerprint density at radius 1 is 1.48 bits per heavy atom. The highest BCUT2D eigenvalue weighted by atomic mass is 32.1. The molecule has 0 radical (unpaired) electrons. The third kappa shape index (κ3) is 3.17. The van der Waals surface area contributed by atoms with Crippen LogP contribution in [0.3, 0.4) is 0 Å². The maximum absolute atomic E-state index is 4.71. The van der Waals surface area contributed by atoms with Crippen LogP contribution in [0, 0.1) is 0 Å². The topological polar surface area (TPSA) is 44.3 Å². The summed E-state index contributed by atoms with van der Waals surface area (Å²) in [6.07, 6.45) is 2.54. The molecule has 21 heavy (non-hydrogen) atoms. The molecule has 0 spiro atoms. The molecule has 0 bridgehead atoms. The summed E-state index contributed by atoms with van der Waals surface area (Å²) >= 11 is 1.68. The van der Waals surface area contributed by atoms with E-state index in [1.807, 2.05) is 7.05 Å². The molecule has 1 unspecified atom stereocenters. The highest BCUT2D eigenvalue weighted by molar-refractivity contribution is 7.16. The molecule has 1 saturated heterocycles. The SMILES string of the molecule is CNc1nc(CN(C)C2CCCN(C)C2)nc2sccc12. The van der Waals surface area contributed by atoms with E-state index in [1.54, 1.807) is 11.3 Å². The van der Waals surface area contributed by atoms with Crippen LogP contribution in [-0.2, 0) is 6.54 Å². The van der Waals surface area contributed by atoms with E-state index in [1.165, 1.54) is 19.4 Å². The van der Waals surface area contributed by atoms with Crippen LogP contribution in [0.25, 0.3) is 10.2 Å². The molecular weight excluding hydrogens is 282 g/mol. The van der Waals surface area contributed by atoms with Crippen molar-refractivity contribution in [3.63, 3.8) is 0 Å². The Balaban J connectivity index is 1.77. The van der Waals surface area contributed by atoms with Crippen molar-refractivity contribution < 1.29 is 0 Å². The molecule has 1 fully saturated rings. The molecule has 2 aromatic heterocycles. The number of hydrogen-bond acceptors (Lipinski definition) is 6. The maximum Gasteiger partial charge on any atom is 0.146 e. The monoisotopic (exact) mass is 305 g/mol. The summed E-state index contributed by atoms with van der Waals surface area (Å²) in [7, 11) is 6.31. The number of fused-ring (bicyclic) bond motifs is 1. The molecule has 3 heterocycles. The lowest BCUT2D eigenvalue weighted by atomic mass is 10.1. The number of likely N-dealkylation sites (N-methyl/N-ethyl adjacent to an activating group) is 2. The van der Waals surface area contributed by atoms with E-state index < -0.39 is 0 Å². The predicted octanol–water partition coefficient (Wildman–Crippen LogP) is 2.26. The largest absolute Gasteiger partial charge is 0.372 e. The molecule has 1 aliphatic heterocycles. The molecule has 0 amide bonds. The smallest absolute Gasteiger partial charge is 0.146 e. The number of thiophene rings is 1. The van der Waals surface area contributed by atoms with Crippen LogP contribution in [0.4, 0.5) is 5.82 Å². The van der Waals surface area contributed by atoms with E-state index in [0.29, 0.717) is 6.04 Å². The van der Waals surface area contributed by atoms with Gasteiger partial charge in [0.25, 0.3) is 0 Å². The number of nitrogens with one attached hydrogen (secondary N) is 1. The molecule has 0 aromatic carbocycles. The van der Waals surface area contributed by atoms with Gasteiger partial charge in [-0.15, -0.1) is 11.3 Å². The van der Waals surface area contributed by atoms with E-state index in [0.717, 1.165) is 34.9 Å². The van der Waals surface area contributed by atoms with E-state index in [4.69, 9.17) is 4.98 Å². The lowest BCUT2D eigenvalue weighted by Gasteiger charge is -2.35. The van der Waals surface area contributed by atoms with Gasteiger partial charge in [0.2, 0.25) is 0 Å². The van der Waals surface area contributed by atoms with Crippen LogP contribution in [0.1, 0.15) is 18.7 Å². The van der Waals surface area contributed by atoms with Gasteiger partial charge in [-0.05, 0) is 44.9 Å². The Kier molecular flexibility index (Phi) is 4.37. The van der Waals surface area contributed by atoms with Crippen LogP contribution < -0.4 is 5.32 Å². The van der Waals surface area contributed by atoms with Crippen LogP contribution in [0.2, 0.25) is 0 Å².